The number of fused-ring (bicyclic) bond motifs is 3. The lowest BCUT2D eigenvalue weighted by molar-refractivity contribution is -0.284. The zero-order valence-electron chi connectivity index (χ0n) is 29.3. The van der Waals surface area contributed by atoms with Gasteiger partial charge in [-0.25, -0.2) is 4.79 Å². The highest BCUT2D eigenvalue weighted by molar-refractivity contribution is 5.87. The van der Waals surface area contributed by atoms with E-state index in [0.29, 0.717) is 24.8 Å². The van der Waals surface area contributed by atoms with E-state index in [9.17, 15) is 19.2 Å². The molecule has 1 spiro atoms. The number of allylic oxidation sites excluding steroid dienone is 1. The van der Waals surface area contributed by atoms with Crippen LogP contribution >= 0.6 is 0 Å². The van der Waals surface area contributed by atoms with Crippen molar-refractivity contribution >= 4 is 23.9 Å². The molecule has 5 fully saturated rings. The minimum atomic E-state index is -0.996. The van der Waals surface area contributed by atoms with Gasteiger partial charge in [0.1, 0.15) is 29.5 Å². The number of carbonyl (C=O) groups is 4. The topological polar surface area (TPSA) is 131 Å². The first-order chi connectivity index (χ1) is 21.9. The minimum absolute atomic E-state index is 0.0679. The van der Waals surface area contributed by atoms with E-state index in [1.807, 2.05) is 33.8 Å². The zero-order valence-corrected chi connectivity index (χ0v) is 29.3. The van der Waals surface area contributed by atoms with Crippen LogP contribution < -0.4 is 0 Å². The molecule has 6 rings (SSSR count). The molecule has 1 aromatic heterocycles. The lowest BCUT2D eigenvalue weighted by Crippen LogP contribution is -2.74. The van der Waals surface area contributed by atoms with Crippen molar-refractivity contribution in [2.75, 3.05) is 0 Å². The van der Waals surface area contributed by atoms with Gasteiger partial charge in [-0.1, -0.05) is 40.7 Å². The van der Waals surface area contributed by atoms with Crippen molar-refractivity contribution in [1.82, 2.24) is 0 Å². The summed E-state index contributed by atoms with van der Waals surface area (Å²) in [6, 6.07) is 1.96. The first-order valence-corrected chi connectivity index (χ1v) is 17.0. The zero-order chi connectivity index (χ0) is 34.5. The molecule has 258 valence electrons. The van der Waals surface area contributed by atoms with E-state index < -0.39 is 69.6 Å². The second-order valence-corrected chi connectivity index (χ2v) is 16.0. The first-order valence-electron chi connectivity index (χ1n) is 17.0. The largest absolute Gasteiger partial charge is 0.472 e. The van der Waals surface area contributed by atoms with Gasteiger partial charge in [0.15, 0.2) is 0 Å². The number of carbonyl (C=O) groups excluding carboxylic acids is 4. The van der Waals surface area contributed by atoms with Gasteiger partial charge in [-0.15, -0.1) is 0 Å². The first kappa shape index (κ1) is 33.7. The van der Waals surface area contributed by atoms with Gasteiger partial charge >= 0.3 is 23.9 Å². The highest BCUT2D eigenvalue weighted by atomic mass is 16.6. The molecule has 1 aromatic rings. The van der Waals surface area contributed by atoms with Crippen molar-refractivity contribution in [1.29, 1.82) is 0 Å². The molecule has 0 bridgehead atoms. The fraction of sp³-hybridized carbons (Fsp3) is 0.730. The third-order valence-electron chi connectivity index (χ3n) is 13.2. The van der Waals surface area contributed by atoms with E-state index in [1.54, 1.807) is 32.4 Å². The highest BCUT2D eigenvalue weighted by Crippen LogP contribution is 2.82. The lowest BCUT2D eigenvalue weighted by Gasteiger charge is -2.68. The number of cyclic esters (lactones) is 1. The molecule has 3 aliphatic carbocycles. The van der Waals surface area contributed by atoms with Crippen molar-refractivity contribution in [3.63, 3.8) is 0 Å². The van der Waals surface area contributed by atoms with Crippen LogP contribution in [0.3, 0.4) is 0 Å². The normalized spacial score (nSPS) is 43.3. The van der Waals surface area contributed by atoms with Crippen LogP contribution in [0, 0.1) is 34.0 Å². The molecule has 2 saturated heterocycles. The maximum absolute atomic E-state index is 13.6. The molecule has 10 heteroatoms. The van der Waals surface area contributed by atoms with Crippen LogP contribution in [0.25, 0.3) is 0 Å². The summed E-state index contributed by atoms with van der Waals surface area (Å²) in [7, 11) is 0. The summed E-state index contributed by atoms with van der Waals surface area (Å²) in [5.74, 6) is -2.90. The summed E-state index contributed by atoms with van der Waals surface area (Å²) in [6.45, 7) is 18.6. The average molecular weight is 655 g/mol. The fourth-order valence-electron chi connectivity index (χ4n) is 10.9. The van der Waals surface area contributed by atoms with Crippen molar-refractivity contribution in [3.8, 4) is 0 Å². The molecule has 0 radical (unpaired) electrons. The Morgan fingerprint density at radius 2 is 1.57 bits per heavy atom. The minimum Gasteiger partial charge on any atom is -0.472 e. The van der Waals surface area contributed by atoms with Crippen molar-refractivity contribution in [2.45, 2.75) is 136 Å². The Bertz CT molecular complexity index is 1490. The number of ether oxygens (including phenoxy) is 5. The summed E-state index contributed by atoms with van der Waals surface area (Å²) >= 11 is 0. The van der Waals surface area contributed by atoms with Gasteiger partial charge in [0.2, 0.25) is 0 Å². The van der Waals surface area contributed by atoms with E-state index in [1.165, 1.54) is 6.92 Å². The molecule has 0 unspecified atom stereocenters. The Morgan fingerprint density at radius 3 is 2.17 bits per heavy atom. The Morgan fingerprint density at radius 1 is 0.915 bits per heavy atom. The summed E-state index contributed by atoms with van der Waals surface area (Å²) in [6.07, 6.45) is 4.12. The van der Waals surface area contributed by atoms with E-state index in [-0.39, 0.29) is 36.2 Å². The van der Waals surface area contributed by atoms with Gasteiger partial charge in [0.25, 0.3) is 0 Å². The second kappa shape index (κ2) is 10.9. The monoisotopic (exact) mass is 654 g/mol. The molecular formula is C37H50O10. The smallest absolute Gasteiger partial charge is 0.333 e. The Labute approximate surface area is 277 Å². The van der Waals surface area contributed by atoms with E-state index in [0.717, 1.165) is 5.56 Å². The summed E-state index contributed by atoms with van der Waals surface area (Å²) in [5.41, 5.74) is -2.83. The number of esters is 4. The van der Waals surface area contributed by atoms with Crippen LogP contribution in [0.4, 0.5) is 0 Å². The molecule has 3 saturated carbocycles. The number of hydrogen-bond donors (Lipinski definition) is 0. The molecule has 47 heavy (non-hydrogen) atoms. The Kier molecular flexibility index (Phi) is 7.85. The standard InChI is InChI=1S/C37H50O10/c1-11-20(4)32(41)45-28-15-24-33(6,7)47-30(39)17-26(43-21(5)38)34(24,8)25-16-27(44-31(40)19(2)3)35(9)23(22-12-13-42-18-22)14-29-37(35,46-29)36(25,28)10/h11-13,18-19,23-29H,14-17H2,1-10H3/t23-,24-,25+,26+,27-,28-,29+,34+,35-,36+,37+/m1/s1. The van der Waals surface area contributed by atoms with Crippen LogP contribution in [0.2, 0.25) is 0 Å². The van der Waals surface area contributed by atoms with Crippen LogP contribution in [0.5, 0.6) is 0 Å². The number of hydrogen-bond acceptors (Lipinski definition) is 10. The molecular weight excluding hydrogens is 604 g/mol. The van der Waals surface area contributed by atoms with Crippen LogP contribution in [0.1, 0.15) is 106 Å². The Balaban J connectivity index is 1.61. The fourth-order valence-corrected chi connectivity index (χ4v) is 10.9. The maximum atomic E-state index is 13.6. The average Bonchev–Trinajstić information content (AvgIpc) is 3.35. The van der Waals surface area contributed by atoms with Crippen molar-refractivity contribution in [2.24, 2.45) is 34.0 Å². The van der Waals surface area contributed by atoms with Gasteiger partial charge < -0.3 is 28.1 Å². The number of rotatable bonds is 6. The predicted octanol–water partition coefficient (Wildman–Crippen LogP) is 6.07. The van der Waals surface area contributed by atoms with Gasteiger partial charge in [-0.3, -0.25) is 14.4 Å². The summed E-state index contributed by atoms with van der Waals surface area (Å²) in [4.78, 5) is 53.2. The van der Waals surface area contributed by atoms with E-state index in [2.05, 4.69) is 20.8 Å². The van der Waals surface area contributed by atoms with Gasteiger partial charge in [-0.2, -0.15) is 0 Å². The third-order valence-corrected chi connectivity index (χ3v) is 13.2. The third kappa shape index (κ3) is 4.52. The quantitative estimate of drug-likeness (QED) is 0.154. The SMILES string of the molecule is CC=C(C)C(=O)O[C@@H]1C[C@@H]2C(C)(C)OC(=O)C[C@H](OC(C)=O)[C@]2(C)[C@@H]2C[C@@H](OC(=O)C(C)C)[C@@]3(C)[C@@H](c4ccoc4)C[C@@H]4O[C@@]43[C@]12C. The molecule has 11 atom stereocenters. The van der Waals surface area contributed by atoms with E-state index in [4.69, 9.17) is 28.1 Å². The van der Waals surface area contributed by atoms with E-state index >= 15 is 0 Å². The van der Waals surface area contributed by atoms with Crippen LogP contribution in [0.15, 0.2) is 34.7 Å². The maximum Gasteiger partial charge on any atom is 0.333 e. The Hall–Kier alpha value is -3.14. The molecule has 10 nitrogen and oxygen atoms in total. The summed E-state index contributed by atoms with van der Waals surface area (Å²) < 4.78 is 37.8. The molecule has 2 aliphatic heterocycles. The predicted molar refractivity (Wildman–Crippen MR) is 169 cm³/mol. The molecule has 0 aromatic carbocycles. The summed E-state index contributed by atoms with van der Waals surface area (Å²) in [5, 5.41) is 0. The molecule has 3 heterocycles. The number of epoxide rings is 1. The van der Waals surface area contributed by atoms with Crippen molar-refractivity contribution in [3.05, 3.63) is 35.8 Å². The van der Waals surface area contributed by atoms with Crippen LogP contribution in [-0.4, -0.2) is 59.5 Å². The van der Waals surface area contributed by atoms with Crippen LogP contribution in [-0.2, 0) is 42.9 Å². The van der Waals surface area contributed by atoms with Gasteiger partial charge in [-0.05, 0) is 64.5 Å². The molecule has 0 amide bonds. The van der Waals surface area contributed by atoms with Gasteiger partial charge in [0.05, 0.1) is 31.0 Å². The lowest BCUT2D eigenvalue weighted by atomic mass is 9.37. The number of furan rings is 1. The van der Waals surface area contributed by atoms with Gasteiger partial charge in [0, 0.05) is 40.6 Å². The second-order valence-electron chi connectivity index (χ2n) is 16.0. The molecule has 0 N–H and O–H groups in total. The van der Waals surface area contributed by atoms with Crippen molar-refractivity contribution < 1.29 is 47.3 Å². The molecule has 5 aliphatic rings. The highest BCUT2D eigenvalue weighted by Gasteiger charge is 2.90.